The predicted molar refractivity (Wildman–Crippen MR) is 96.9 cm³/mol. The molecule has 1 aliphatic rings. The summed E-state index contributed by atoms with van der Waals surface area (Å²) in [6.45, 7) is 2.58. The van der Waals surface area contributed by atoms with Gasteiger partial charge < -0.3 is 15.0 Å². The second-order valence-corrected chi connectivity index (χ2v) is 6.24. The molecule has 2 aromatic rings. The minimum absolute atomic E-state index is 0.138. The van der Waals surface area contributed by atoms with Crippen molar-refractivity contribution in [3.63, 3.8) is 0 Å². The number of carbonyl (C=O) groups excluding carboxylic acids is 2. The summed E-state index contributed by atoms with van der Waals surface area (Å²) in [4.78, 5) is 27.1. The number of anilines is 1. The maximum absolute atomic E-state index is 12.8. The third-order valence-corrected chi connectivity index (χ3v) is 4.45. The number of hydrogen-bond donors (Lipinski definition) is 1. The Morgan fingerprint density at radius 1 is 1.16 bits per heavy atom. The summed E-state index contributed by atoms with van der Waals surface area (Å²) in [5, 5.41) is 2.91. The minimum atomic E-state index is -0.444. The average molecular weight is 338 g/mol. The molecule has 0 aromatic heterocycles. The first-order valence-corrected chi connectivity index (χ1v) is 8.41. The molecule has 1 fully saturated rings. The summed E-state index contributed by atoms with van der Waals surface area (Å²) < 4.78 is 5.18. The molecule has 0 radical (unpaired) electrons. The fourth-order valence-electron chi connectivity index (χ4n) is 3.07. The van der Waals surface area contributed by atoms with Gasteiger partial charge in [-0.1, -0.05) is 23.8 Å². The van der Waals surface area contributed by atoms with Gasteiger partial charge in [-0.25, -0.2) is 0 Å². The van der Waals surface area contributed by atoms with E-state index in [9.17, 15) is 9.59 Å². The van der Waals surface area contributed by atoms with Crippen molar-refractivity contribution in [2.75, 3.05) is 19.0 Å². The normalized spacial score (nSPS) is 16.6. The van der Waals surface area contributed by atoms with E-state index in [-0.39, 0.29) is 11.8 Å². The second-order valence-electron chi connectivity index (χ2n) is 6.24. The zero-order chi connectivity index (χ0) is 17.8. The van der Waals surface area contributed by atoms with Crippen molar-refractivity contribution >= 4 is 17.5 Å². The molecule has 0 spiro atoms. The van der Waals surface area contributed by atoms with Crippen LogP contribution in [0.2, 0.25) is 0 Å². The first kappa shape index (κ1) is 17.0. The van der Waals surface area contributed by atoms with Crippen LogP contribution < -0.4 is 10.1 Å². The molecule has 1 N–H and O–H groups in total. The van der Waals surface area contributed by atoms with Crippen LogP contribution in [-0.2, 0) is 4.79 Å². The van der Waals surface area contributed by atoms with E-state index >= 15 is 0 Å². The van der Waals surface area contributed by atoms with Crippen molar-refractivity contribution in [2.45, 2.75) is 25.8 Å². The van der Waals surface area contributed by atoms with E-state index in [1.165, 1.54) is 0 Å². The quantitative estimate of drug-likeness (QED) is 0.931. The van der Waals surface area contributed by atoms with Gasteiger partial charge in [0.25, 0.3) is 5.91 Å². The van der Waals surface area contributed by atoms with Gasteiger partial charge in [0.2, 0.25) is 5.91 Å². The van der Waals surface area contributed by atoms with Gasteiger partial charge >= 0.3 is 0 Å². The Hall–Kier alpha value is -2.82. The van der Waals surface area contributed by atoms with Crippen LogP contribution in [0.1, 0.15) is 28.8 Å². The Morgan fingerprint density at radius 3 is 2.64 bits per heavy atom. The first-order valence-electron chi connectivity index (χ1n) is 8.41. The number of rotatable bonds is 4. The molecule has 5 nitrogen and oxygen atoms in total. The largest absolute Gasteiger partial charge is 0.497 e. The van der Waals surface area contributed by atoms with Crippen molar-refractivity contribution in [2.24, 2.45) is 0 Å². The average Bonchev–Trinajstić information content (AvgIpc) is 3.13. The Bertz CT molecular complexity index is 771. The summed E-state index contributed by atoms with van der Waals surface area (Å²) in [5.74, 6) is 0.351. The van der Waals surface area contributed by atoms with E-state index in [1.807, 2.05) is 31.2 Å². The number of benzene rings is 2. The van der Waals surface area contributed by atoms with Crippen molar-refractivity contribution < 1.29 is 14.3 Å². The van der Waals surface area contributed by atoms with E-state index < -0.39 is 6.04 Å². The second kappa shape index (κ2) is 7.38. The third kappa shape index (κ3) is 3.82. The van der Waals surface area contributed by atoms with E-state index in [0.717, 1.165) is 17.7 Å². The molecule has 130 valence electrons. The first-order chi connectivity index (χ1) is 12.1. The van der Waals surface area contributed by atoms with Crippen LogP contribution in [0.5, 0.6) is 5.75 Å². The minimum Gasteiger partial charge on any atom is -0.497 e. The molecule has 2 amide bonds. The molecule has 1 atom stereocenters. The fraction of sp³-hybridized carbons (Fsp3) is 0.300. The Kier molecular flexibility index (Phi) is 5.03. The maximum atomic E-state index is 12.8. The predicted octanol–water partition coefficient (Wildman–Crippen LogP) is 3.25. The van der Waals surface area contributed by atoms with Gasteiger partial charge in [-0.2, -0.15) is 0 Å². The van der Waals surface area contributed by atoms with Crippen molar-refractivity contribution in [1.82, 2.24) is 4.90 Å². The van der Waals surface area contributed by atoms with Gasteiger partial charge in [0.15, 0.2) is 0 Å². The van der Waals surface area contributed by atoms with Crippen molar-refractivity contribution in [3.8, 4) is 5.75 Å². The fourth-order valence-corrected chi connectivity index (χ4v) is 3.07. The van der Waals surface area contributed by atoms with Gasteiger partial charge in [-0.3, -0.25) is 9.59 Å². The zero-order valence-corrected chi connectivity index (χ0v) is 14.5. The van der Waals surface area contributed by atoms with Gasteiger partial charge in [0.1, 0.15) is 11.8 Å². The number of hydrogen-bond acceptors (Lipinski definition) is 3. The van der Waals surface area contributed by atoms with Crippen molar-refractivity contribution in [3.05, 3.63) is 59.7 Å². The van der Waals surface area contributed by atoms with Crippen LogP contribution >= 0.6 is 0 Å². The molecular formula is C20H22N2O3. The maximum Gasteiger partial charge on any atom is 0.254 e. The van der Waals surface area contributed by atoms with E-state index in [2.05, 4.69) is 5.32 Å². The molecule has 25 heavy (non-hydrogen) atoms. The number of amides is 2. The molecule has 1 heterocycles. The Balaban J connectivity index is 1.73. The zero-order valence-electron chi connectivity index (χ0n) is 14.5. The van der Waals surface area contributed by atoms with Gasteiger partial charge in [-0.15, -0.1) is 0 Å². The summed E-state index contributed by atoms with van der Waals surface area (Å²) in [7, 11) is 1.57. The monoisotopic (exact) mass is 338 g/mol. The Labute approximate surface area is 147 Å². The molecule has 0 unspecified atom stereocenters. The molecule has 5 heteroatoms. The highest BCUT2D eigenvalue weighted by atomic mass is 16.5. The molecule has 3 rings (SSSR count). The molecule has 0 saturated carbocycles. The number of nitrogens with zero attached hydrogens (tertiary/aromatic N) is 1. The molecular weight excluding hydrogens is 316 g/mol. The highest BCUT2D eigenvalue weighted by molar-refractivity contribution is 6.01. The highest BCUT2D eigenvalue weighted by Crippen LogP contribution is 2.23. The molecule has 2 aromatic carbocycles. The lowest BCUT2D eigenvalue weighted by molar-refractivity contribution is -0.119. The van der Waals surface area contributed by atoms with Crippen LogP contribution in [0.4, 0.5) is 5.69 Å². The van der Waals surface area contributed by atoms with Gasteiger partial charge in [0.05, 0.1) is 7.11 Å². The van der Waals surface area contributed by atoms with Crippen LogP contribution in [0.3, 0.4) is 0 Å². The molecule has 0 bridgehead atoms. The topological polar surface area (TPSA) is 58.6 Å². The van der Waals surface area contributed by atoms with Crippen LogP contribution in [0.25, 0.3) is 0 Å². The lowest BCUT2D eigenvalue weighted by atomic mass is 10.1. The summed E-state index contributed by atoms with van der Waals surface area (Å²) in [6.07, 6.45) is 1.50. The molecule has 1 aliphatic heterocycles. The van der Waals surface area contributed by atoms with Crippen molar-refractivity contribution in [1.29, 1.82) is 0 Å². The summed E-state index contributed by atoms with van der Waals surface area (Å²) >= 11 is 0. The third-order valence-electron chi connectivity index (χ3n) is 4.45. The van der Waals surface area contributed by atoms with Crippen LogP contribution in [0.15, 0.2) is 48.5 Å². The number of nitrogens with one attached hydrogen (secondary N) is 1. The summed E-state index contributed by atoms with van der Waals surface area (Å²) in [6, 6.07) is 14.2. The van der Waals surface area contributed by atoms with Crippen LogP contribution in [-0.4, -0.2) is 36.4 Å². The summed E-state index contributed by atoms with van der Waals surface area (Å²) in [5.41, 5.74) is 2.42. The van der Waals surface area contributed by atoms with Gasteiger partial charge in [0, 0.05) is 17.8 Å². The highest BCUT2D eigenvalue weighted by Gasteiger charge is 2.34. The van der Waals surface area contributed by atoms with E-state index in [0.29, 0.717) is 24.3 Å². The lowest BCUT2D eigenvalue weighted by Gasteiger charge is -2.24. The smallest absolute Gasteiger partial charge is 0.254 e. The molecule has 1 saturated heterocycles. The number of likely N-dealkylation sites (tertiary alicyclic amines) is 1. The Morgan fingerprint density at radius 2 is 1.92 bits per heavy atom. The molecule has 0 aliphatic carbocycles. The SMILES string of the molecule is COc1cccc(C(=O)N2CCC[C@H]2C(=O)Nc2ccc(C)cc2)c1. The van der Waals surface area contributed by atoms with Gasteiger partial charge in [-0.05, 0) is 50.1 Å². The van der Waals surface area contributed by atoms with E-state index in [1.54, 1.807) is 36.3 Å². The van der Waals surface area contributed by atoms with Crippen LogP contribution in [0, 0.1) is 6.92 Å². The van der Waals surface area contributed by atoms with E-state index in [4.69, 9.17) is 4.74 Å². The standard InChI is InChI=1S/C20H22N2O3/c1-14-8-10-16(11-9-14)21-19(23)18-7-4-12-22(18)20(24)15-5-3-6-17(13-15)25-2/h3,5-6,8-11,13,18H,4,7,12H2,1-2H3,(H,21,23)/t18-/m0/s1. The number of aryl methyl sites for hydroxylation is 1. The number of methoxy groups -OCH3 is 1. The number of carbonyl (C=O) groups is 2. The number of ether oxygens (including phenoxy) is 1. The lowest BCUT2D eigenvalue weighted by Crippen LogP contribution is -2.43.